The van der Waals surface area contributed by atoms with Gasteiger partial charge in [-0.15, -0.1) is 0 Å². The average Bonchev–Trinajstić information content (AvgIpc) is 2.89. The van der Waals surface area contributed by atoms with Crippen LogP contribution in [-0.2, 0) is 16.1 Å². The van der Waals surface area contributed by atoms with Gasteiger partial charge >= 0.3 is 0 Å². The molecule has 1 aliphatic rings. The summed E-state index contributed by atoms with van der Waals surface area (Å²) in [6.45, 7) is 4.97. The van der Waals surface area contributed by atoms with E-state index in [2.05, 4.69) is 12.2 Å². The normalized spacial score (nSPS) is 19.3. The number of nitrogens with one attached hydrogen (secondary N) is 1. The summed E-state index contributed by atoms with van der Waals surface area (Å²) in [6, 6.07) is 6.21. The molecule has 1 aromatic rings. The lowest BCUT2D eigenvalue weighted by molar-refractivity contribution is -0.130. The Kier molecular flexibility index (Phi) is 5.52. The van der Waals surface area contributed by atoms with E-state index in [1.165, 1.54) is 12.1 Å². The fourth-order valence-corrected chi connectivity index (χ4v) is 2.84. The third-order valence-corrected chi connectivity index (χ3v) is 4.15. The van der Waals surface area contributed by atoms with E-state index in [0.717, 1.165) is 18.4 Å². The molecule has 0 bridgehead atoms. The molecule has 2 rings (SSSR count). The Morgan fingerprint density at radius 3 is 2.73 bits per heavy atom. The van der Waals surface area contributed by atoms with Crippen LogP contribution < -0.4 is 5.32 Å². The van der Waals surface area contributed by atoms with E-state index < -0.39 is 0 Å². The lowest BCUT2D eigenvalue weighted by Gasteiger charge is -2.24. The van der Waals surface area contributed by atoms with Crippen molar-refractivity contribution in [1.82, 2.24) is 10.2 Å². The number of carbonyl (C=O) groups is 2. The van der Waals surface area contributed by atoms with Crippen LogP contribution in [0.15, 0.2) is 24.3 Å². The highest BCUT2D eigenvalue weighted by Crippen LogP contribution is 2.22. The maximum absolute atomic E-state index is 12.8. The molecular formula is C17H23FN2O2. The van der Waals surface area contributed by atoms with Gasteiger partial charge in [0.05, 0.1) is 5.92 Å². The van der Waals surface area contributed by atoms with Gasteiger partial charge in [0.2, 0.25) is 11.8 Å². The van der Waals surface area contributed by atoms with Crippen molar-refractivity contribution in [3.63, 3.8) is 0 Å². The number of nitrogens with zero attached hydrogens (tertiary/aromatic N) is 1. The van der Waals surface area contributed by atoms with Gasteiger partial charge in [0.15, 0.2) is 0 Å². The van der Waals surface area contributed by atoms with Crippen LogP contribution in [0, 0.1) is 11.7 Å². The van der Waals surface area contributed by atoms with E-state index in [1.54, 1.807) is 12.1 Å². The Balaban J connectivity index is 1.85. The maximum atomic E-state index is 12.8. The summed E-state index contributed by atoms with van der Waals surface area (Å²) in [5.41, 5.74) is 0.843. The van der Waals surface area contributed by atoms with Gasteiger partial charge in [-0.3, -0.25) is 9.59 Å². The summed E-state index contributed by atoms with van der Waals surface area (Å²) in [6.07, 6.45) is 2.26. The molecule has 0 unspecified atom stereocenters. The minimum Gasteiger partial charge on any atom is -0.352 e. The van der Waals surface area contributed by atoms with Gasteiger partial charge in [-0.05, 0) is 31.0 Å². The monoisotopic (exact) mass is 306 g/mol. The predicted molar refractivity (Wildman–Crippen MR) is 82.4 cm³/mol. The lowest BCUT2D eigenvalue weighted by Crippen LogP contribution is -2.36. The average molecular weight is 306 g/mol. The van der Waals surface area contributed by atoms with Crippen molar-refractivity contribution in [2.24, 2.45) is 5.92 Å². The molecule has 1 heterocycles. The second kappa shape index (κ2) is 7.38. The second-order valence-corrected chi connectivity index (χ2v) is 5.93. The number of amides is 2. The molecule has 0 aromatic heterocycles. The predicted octanol–water partition coefficient (Wildman–Crippen LogP) is 2.48. The molecule has 1 N–H and O–H groups in total. The standard InChI is InChI=1S/C17H23FN2O2/c1-3-4-12(2)20-11-14(9-16(20)21)17(22)19-10-13-5-7-15(18)8-6-13/h5-8,12,14H,3-4,9-11H2,1-2H3,(H,19,22)/t12-,14-/m1/s1. The number of rotatable bonds is 6. The maximum Gasteiger partial charge on any atom is 0.225 e. The van der Waals surface area contributed by atoms with Gasteiger partial charge in [0, 0.05) is 25.6 Å². The highest BCUT2D eigenvalue weighted by Gasteiger charge is 2.36. The van der Waals surface area contributed by atoms with Crippen LogP contribution in [0.3, 0.4) is 0 Å². The van der Waals surface area contributed by atoms with Crippen molar-refractivity contribution in [3.8, 4) is 0 Å². The molecule has 2 atom stereocenters. The zero-order valence-corrected chi connectivity index (χ0v) is 13.1. The first-order chi connectivity index (χ1) is 10.5. The van der Waals surface area contributed by atoms with Gasteiger partial charge in [0.1, 0.15) is 5.82 Å². The third kappa shape index (κ3) is 4.06. The fraction of sp³-hybridized carbons (Fsp3) is 0.529. The molecule has 0 aliphatic carbocycles. The Bertz CT molecular complexity index is 530. The summed E-state index contributed by atoms with van der Waals surface area (Å²) in [4.78, 5) is 26.0. The van der Waals surface area contributed by atoms with Crippen LogP contribution in [0.1, 0.15) is 38.7 Å². The third-order valence-electron chi connectivity index (χ3n) is 4.15. The molecule has 1 fully saturated rings. The zero-order chi connectivity index (χ0) is 16.1. The topological polar surface area (TPSA) is 49.4 Å². The zero-order valence-electron chi connectivity index (χ0n) is 13.1. The summed E-state index contributed by atoms with van der Waals surface area (Å²) in [7, 11) is 0. The summed E-state index contributed by atoms with van der Waals surface area (Å²) in [5, 5.41) is 2.83. The molecule has 0 radical (unpaired) electrons. The summed E-state index contributed by atoms with van der Waals surface area (Å²) in [5.74, 6) is -0.629. The van der Waals surface area contributed by atoms with Crippen LogP contribution in [0.25, 0.3) is 0 Å². The number of hydrogen-bond acceptors (Lipinski definition) is 2. The van der Waals surface area contributed by atoms with Crippen LogP contribution in [-0.4, -0.2) is 29.3 Å². The number of benzene rings is 1. The fourth-order valence-electron chi connectivity index (χ4n) is 2.84. The van der Waals surface area contributed by atoms with Crippen LogP contribution >= 0.6 is 0 Å². The van der Waals surface area contributed by atoms with Gasteiger partial charge < -0.3 is 10.2 Å². The number of carbonyl (C=O) groups excluding carboxylic acids is 2. The Labute approximate surface area is 130 Å². The van der Waals surface area contributed by atoms with Crippen molar-refractivity contribution in [3.05, 3.63) is 35.6 Å². The molecule has 2 amide bonds. The van der Waals surface area contributed by atoms with Crippen molar-refractivity contribution in [2.45, 2.75) is 45.7 Å². The molecular weight excluding hydrogens is 283 g/mol. The van der Waals surface area contributed by atoms with Gasteiger partial charge in [-0.25, -0.2) is 4.39 Å². The molecule has 4 nitrogen and oxygen atoms in total. The molecule has 1 aliphatic heterocycles. The SMILES string of the molecule is CCC[C@@H](C)N1C[C@H](C(=O)NCc2ccc(F)cc2)CC1=O. The Morgan fingerprint density at radius 2 is 2.09 bits per heavy atom. The first-order valence-corrected chi connectivity index (χ1v) is 7.83. The lowest BCUT2D eigenvalue weighted by atomic mass is 10.1. The van der Waals surface area contributed by atoms with Crippen molar-refractivity contribution in [2.75, 3.05) is 6.54 Å². The smallest absolute Gasteiger partial charge is 0.225 e. The number of likely N-dealkylation sites (tertiary alicyclic amines) is 1. The van der Waals surface area contributed by atoms with Gasteiger partial charge in [0.25, 0.3) is 0 Å². The van der Waals surface area contributed by atoms with E-state index >= 15 is 0 Å². The minimum atomic E-state index is -0.294. The van der Waals surface area contributed by atoms with Crippen molar-refractivity contribution in [1.29, 1.82) is 0 Å². The van der Waals surface area contributed by atoms with E-state index in [4.69, 9.17) is 0 Å². The minimum absolute atomic E-state index is 0.0582. The summed E-state index contributed by atoms with van der Waals surface area (Å²) < 4.78 is 12.8. The number of hydrogen-bond donors (Lipinski definition) is 1. The first-order valence-electron chi connectivity index (χ1n) is 7.83. The van der Waals surface area contributed by atoms with Crippen LogP contribution in [0.2, 0.25) is 0 Å². The van der Waals surface area contributed by atoms with E-state index in [1.807, 2.05) is 11.8 Å². The molecule has 0 spiro atoms. The Hall–Kier alpha value is -1.91. The Morgan fingerprint density at radius 1 is 1.41 bits per heavy atom. The molecule has 1 saturated heterocycles. The highest BCUT2D eigenvalue weighted by atomic mass is 19.1. The van der Waals surface area contributed by atoms with Crippen molar-refractivity contribution >= 4 is 11.8 Å². The van der Waals surface area contributed by atoms with E-state index in [0.29, 0.717) is 13.1 Å². The second-order valence-electron chi connectivity index (χ2n) is 5.93. The molecule has 1 aromatic carbocycles. The van der Waals surface area contributed by atoms with Crippen LogP contribution in [0.4, 0.5) is 4.39 Å². The molecule has 22 heavy (non-hydrogen) atoms. The highest BCUT2D eigenvalue weighted by molar-refractivity contribution is 5.89. The van der Waals surface area contributed by atoms with E-state index in [-0.39, 0.29) is 36.0 Å². The first kappa shape index (κ1) is 16.5. The van der Waals surface area contributed by atoms with E-state index in [9.17, 15) is 14.0 Å². The largest absolute Gasteiger partial charge is 0.352 e. The van der Waals surface area contributed by atoms with Gasteiger partial charge in [-0.1, -0.05) is 25.5 Å². The van der Waals surface area contributed by atoms with Crippen LogP contribution in [0.5, 0.6) is 0 Å². The van der Waals surface area contributed by atoms with Crippen molar-refractivity contribution < 1.29 is 14.0 Å². The van der Waals surface area contributed by atoms with Gasteiger partial charge in [-0.2, -0.15) is 0 Å². The quantitative estimate of drug-likeness (QED) is 0.878. The number of halogens is 1. The molecule has 0 saturated carbocycles. The summed E-state index contributed by atoms with van der Waals surface area (Å²) >= 11 is 0. The molecule has 5 heteroatoms. The molecule has 120 valence electrons.